The summed E-state index contributed by atoms with van der Waals surface area (Å²) in [6, 6.07) is 3.00. The fourth-order valence-electron chi connectivity index (χ4n) is 1.92. The van der Waals surface area contributed by atoms with Crippen molar-refractivity contribution in [1.29, 1.82) is 0 Å². The van der Waals surface area contributed by atoms with Crippen LogP contribution >= 0.6 is 11.8 Å². The van der Waals surface area contributed by atoms with Gasteiger partial charge in [0, 0.05) is 36.1 Å². The predicted octanol–water partition coefficient (Wildman–Crippen LogP) is 0.223. The molecule has 1 saturated heterocycles. The fourth-order valence-corrected chi connectivity index (χ4v) is 4.73. The molecule has 6 nitrogen and oxygen atoms in total. The van der Waals surface area contributed by atoms with Crippen molar-refractivity contribution in [2.24, 2.45) is 0 Å². The number of thioether (sulfide) groups is 1. The van der Waals surface area contributed by atoms with Crippen LogP contribution in [0.3, 0.4) is 0 Å². The molecule has 1 aliphatic rings. The van der Waals surface area contributed by atoms with Gasteiger partial charge in [-0.2, -0.15) is 11.8 Å². The van der Waals surface area contributed by atoms with E-state index in [1.54, 1.807) is 6.07 Å². The summed E-state index contributed by atoms with van der Waals surface area (Å²) in [7, 11) is -3.30. The molecule has 0 aliphatic carbocycles. The van der Waals surface area contributed by atoms with E-state index in [1.165, 1.54) is 28.9 Å². The van der Waals surface area contributed by atoms with Crippen molar-refractivity contribution in [3.63, 3.8) is 0 Å². The molecule has 1 aromatic rings. The van der Waals surface area contributed by atoms with Crippen molar-refractivity contribution < 1.29 is 13.2 Å². The van der Waals surface area contributed by atoms with E-state index in [0.29, 0.717) is 17.9 Å². The van der Waals surface area contributed by atoms with Gasteiger partial charge in [-0.1, -0.05) is 0 Å². The van der Waals surface area contributed by atoms with Gasteiger partial charge in [0.15, 0.2) is 9.84 Å². The number of aromatic nitrogens is 1. The number of sulfone groups is 1. The van der Waals surface area contributed by atoms with Gasteiger partial charge in [-0.05, 0) is 12.1 Å². The molecule has 8 heteroatoms. The van der Waals surface area contributed by atoms with Gasteiger partial charge in [-0.25, -0.2) is 13.4 Å². The van der Waals surface area contributed by atoms with Crippen LogP contribution in [0.1, 0.15) is 10.4 Å². The van der Waals surface area contributed by atoms with Gasteiger partial charge in [0.25, 0.3) is 5.91 Å². The number of carbonyl (C=O) groups excluding carboxylic acids is 1. The van der Waals surface area contributed by atoms with Crippen LogP contribution in [0.5, 0.6) is 0 Å². The van der Waals surface area contributed by atoms with Crippen LogP contribution in [-0.2, 0) is 9.84 Å². The minimum atomic E-state index is -3.30. The van der Waals surface area contributed by atoms with E-state index in [4.69, 9.17) is 5.73 Å². The third-order valence-electron chi connectivity index (χ3n) is 2.87. The molecule has 1 unspecified atom stereocenters. The van der Waals surface area contributed by atoms with E-state index in [2.05, 4.69) is 4.98 Å². The monoisotopic (exact) mass is 301 g/mol. The van der Waals surface area contributed by atoms with Crippen LogP contribution in [0.25, 0.3) is 0 Å². The molecule has 0 spiro atoms. The molecular formula is C11H15N3O3S2. The van der Waals surface area contributed by atoms with Crippen molar-refractivity contribution >= 4 is 33.3 Å². The molecule has 1 atom stereocenters. The molecule has 1 aliphatic heterocycles. The van der Waals surface area contributed by atoms with Crippen LogP contribution in [0.2, 0.25) is 0 Å². The Balaban J connectivity index is 2.30. The summed E-state index contributed by atoms with van der Waals surface area (Å²) < 4.78 is 23.5. The first-order valence-corrected chi connectivity index (χ1v) is 8.79. The number of anilines is 1. The molecule has 2 heterocycles. The Morgan fingerprint density at radius 1 is 1.58 bits per heavy atom. The van der Waals surface area contributed by atoms with Crippen molar-refractivity contribution in [2.75, 3.05) is 30.0 Å². The minimum absolute atomic E-state index is 0.244. The minimum Gasteiger partial charge on any atom is -0.384 e. The summed E-state index contributed by atoms with van der Waals surface area (Å²) in [6.45, 7) is 0.420. The summed E-state index contributed by atoms with van der Waals surface area (Å²) in [6.07, 6.45) is 2.60. The lowest BCUT2D eigenvalue weighted by Crippen LogP contribution is -2.49. The predicted molar refractivity (Wildman–Crippen MR) is 75.6 cm³/mol. The topological polar surface area (TPSA) is 93.4 Å². The molecule has 0 aromatic carbocycles. The first kappa shape index (κ1) is 14.1. The zero-order chi connectivity index (χ0) is 14.0. The van der Waals surface area contributed by atoms with Crippen LogP contribution in [0, 0.1) is 0 Å². The highest BCUT2D eigenvalue weighted by atomic mass is 32.2. The molecule has 2 N–H and O–H groups in total. The van der Waals surface area contributed by atoms with Gasteiger partial charge in [-0.15, -0.1) is 0 Å². The van der Waals surface area contributed by atoms with Crippen molar-refractivity contribution in [3.05, 3.63) is 23.9 Å². The number of nitrogens with zero attached hydrogens (tertiary/aromatic N) is 2. The molecule has 0 saturated carbocycles. The largest absolute Gasteiger partial charge is 0.384 e. The number of pyridine rings is 1. The molecule has 0 radical (unpaired) electrons. The number of nitrogen functional groups attached to an aromatic ring is 1. The van der Waals surface area contributed by atoms with Crippen LogP contribution in [0.15, 0.2) is 18.3 Å². The van der Waals surface area contributed by atoms with E-state index in [1.807, 2.05) is 0 Å². The van der Waals surface area contributed by atoms with Gasteiger partial charge < -0.3 is 10.6 Å². The van der Waals surface area contributed by atoms with Gasteiger partial charge in [0.1, 0.15) is 11.2 Å². The van der Waals surface area contributed by atoms with E-state index in [-0.39, 0.29) is 11.7 Å². The summed E-state index contributed by atoms with van der Waals surface area (Å²) in [5, 5.41) is -0.770. The average molecular weight is 301 g/mol. The first-order valence-electron chi connectivity index (χ1n) is 5.68. The lowest BCUT2D eigenvalue weighted by molar-refractivity contribution is 0.0749. The van der Waals surface area contributed by atoms with Gasteiger partial charge >= 0.3 is 0 Å². The van der Waals surface area contributed by atoms with E-state index < -0.39 is 15.2 Å². The third kappa shape index (κ3) is 3.19. The average Bonchev–Trinajstić information content (AvgIpc) is 2.37. The maximum Gasteiger partial charge on any atom is 0.255 e. The Kier molecular flexibility index (Phi) is 4.00. The van der Waals surface area contributed by atoms with Crippen LogP contribution < -0.4 is 5.73 Å². The zero-order valence-corrected chi connectivity index (χ0v) is 12.1. The molecule has 0 bridgehead atoms. The Labute approximate surface area is 116 Å². The lowest BCUT2D eigenvalue weighted by atomic mass is 10.2. The molecular weight excluding hydrogens is 286 g/mol. The summed E-state index contributed by atoms with van der Waals surface area (Å²) in [5.41, 5.74) is 5.91. The SMILES string of the molecule is CS(=O)(=O)C1CSCCN1C(=O)c1ccnc(N)c1. The van der Waals surface area contributed by atoms with Crippen LogP contribution in [0.4, 0.5) is 5.82 Å². The first-order chi connectivity index (χ1) is 8.89. The van der Waals surface area contributed by atoms with Crippen molar-refractivity contribution in [1.82, 2.24) is 9.88 Å². The maximum absolute atomic E-state index is 12.4. The number of hydrogen-bond acceptors (Lipinski definition) is 6. The number of rotatable bonds is 2. The lowest BCUT2D eigenvalue weighted by Gasteiger charge is -2.34. The molecule has 19 heavy (non-hydrogen) atoms. The zero-order valence-electron chi connectivity index (χ0n) is 10.4. The summed E-state index contributed by atoms with van der Waals surface area (Å²) in [4.78, 5) is 17.6. The van der Waals surface area contributed by atoms with Crippen molar-refractivity contribution in [2.45, 2.75) is 5.37 Å². The molecule has 1 aromatic heterocycles. The number of amides is 1. The molecule has 2 rings (SSSR count). The smallest absolute Gasteiger partial charge is 0.255 e. The highest BCUT2D eigenvalue weighted by Gasteiger charge is 2.34. The fraction of sp³-hybridized carbons (Fsp3) is 0.455. The highest BCUT2D eigenvalue weighted by molar-refractivity contribution is 8.00. The second kappa shape index (κ2) is 5.38. The third-order valence-corrected chi connectivity index (χ3v) is 5.51. The molecule has 1 amide bonds. The van der Waals surface area contributed by atoms with Crippen molar-refractivity contribution in [3.8, 4) is 0 Å². The van der Waals surface area contributed by atoms with E-state index in [0.717, 1.165) is 12.0 Å². The van der Waals surface area contributed by atoms with Gasteiger partial charge in [-0.3, -0.25) is 4.79 Å². The second-order valence-corrected chi connectivity index (χ2v) is 7.68. The van der Waals surface area contributed by atoms with Gasteiger partial charge in [0.2, 0.25) is 0 Å². The Hall–Kier alpha value is -1.28. The standard InChI is InChI=1S/C11H15N3O3S2/c1-19(16,17)10-7-18-5-4-14(10)11(15)8-2-3-13-9(12)6-8/h2-3,6,10H,4-5,7H2,1H3,(H2,12,13). The Morgan fingerprint density at radius 3 is 2.95 bits per heavy atom. The second-order valence-electron chi connectivity index (χ2n) is 4.33. The summed E-state index contributed by atoms with van der Waals surface area (Å²) in [5.74, 6) is 1.07. The van der Waals surface area contributed by atoms with E-state index in [9.17, 15) is 13.2 Å². The molecule has 104 valence electrons. The Morgan fingerprint density at radius 2 is 2.32 bits per heavy atom. The maximum atomic E-state index is 12.4. The molecule has 1 fully saturated rings. The quantitative estimate of drug-likeness (QED) is 0.840. The normalized spacial score (nSPS) is 20.3. The van der Waals surface area contributed by atoms with Gasteiger partial charge in [0.05, 0.1) is 0 Å². The number of carbonyl (C=O) groups is 1. The highest BCUT2D eigenvalue weighted by Crippen LogP contribution is 2.22. The Bertz CT molecular complexity index is 589. The summed E-state index contributed by atoms with van der Waals surface area (Å²) >= 11 is 1.54. The van der Waals surface area contributed by atoms with Crippen LogP contribution in [-0.4, -0.2) is 53.9 Å². The van der Waals surface area contributed by atoms with E-state index >= 15 is 0 Å². The number of hydrogen-bond donors (Lipinski definition) is 1. The number of nitrogens with two attached hydrogens (primary N) is 1.